The van der Waals surface area contributed by atoms with E-state index in [1.165, 1.54) is 5.56 Å². The van der Waals surface area contributed by atoms with E-state index in [4.69, 9.17) is 10.00 Å². The molecule has 1 saturated heterocycles. The molecule has 1 atom stereocenters. The van der Waals surface area contributed by atoms with Crippen LogP contribution in [0.2, 0.25) is 0 Å². The van der Waals surface area contributed by atoms with E-state index in [2.05, 4.69) is 34.5 Å². The number of nitriles is 1. The summed E-state index contributed by atoms with van der Waals surface area (Å²) < 4.78 is 5.59. The summed E-state index contributed by atoms with van der Waals surface area (Å²) in [6.45, 7) is 4.13. The number of hydrogen-bond donors (Lipinski definition) is 1. The molecule has 0 saturated carbocycles. The van der Waals surface area contributed by atoms with Gasteiger partial charge >= 0.3 is 0 Å². The van der Waals surface area contributed by atoms with Crippen LogP contribution in [0.4, 0.5) is 0 Å². The Morgan fingerprint density at radius 2 is 2.24 bits per heavy atom. The minimum atomic E-state index is 0.118. The molecule has 1 fully saturated rings. The normalized spacial score (nSPS) is 20.8. The number of morpholine rings is 1. The van der Waals surface area contributed by atoms with Crippen molar-refractivity contribution in [3.8, 4) is 6.19 Å². The smallest absolute Gasteiger partial charge is 0.176 e. The Labute approximate surface area is 102 Å². The van der Waals surface area contributed by atoms with Crippen LogP contribution in [0, 0.1) is 11.5 Å². The van der Waals surface area contributed by atoms with Crippen molar-refractivity contribution in [3.05, 3.63) is 35.9 Å². The molecule has 2 rings (SSSR count). The van der Waals surface area contributed by atoms with Crippen molar-refractivity contribution in [3.63, 3.8) is 0 Å². The fourth-order valence-electron chi connectivity index (χ4n) is 2.05. The van der Waals surface area contributed by atoms with Gasteiger partial charge in [0.15, 0.2) is 6.19 Å². The largest absolute Gasteiger partial charge is 0.374 e. The predicted molar refractivity (Wildman–Crippen MR) is 65.1 cm³/mol. The zero-order valence-electron chi connectivity index (χ0n) is 9.80. The third-order valence-corrected chi connectivity index (χ3v) is 2.88. The van der Waals surface area contributed by atoms with Crippen molar-refractivity contribution in [2.24, 2.45) is 0 Å². The highest BCUT2D eigenvalue weighted by molar-refractivity contribution is 5.14. The van der Waals surface area contributed by atoms with E-state index in [9.17, 15) is 0 Å². The number of nitrogens with zero attached hydrogens (tertiary/aromatic N) is 2. The second-order valence-corrected chi connectivity index (χ2v) is 4.21. The lowest BCUT2D eigenvalue weighted by Gasteiger charge is -2.32. The molecule has 0 aliphatic carbocycles. The van der Waals surface area contributed by atoms with Crippen molar-refractivity contribution in [2.75, 3.05) is 26.2 Å². The first-order chi connectivity index (χ1) is 8.38. The van der Waals surface area contributed by atoms with Crippen LogP contribution in [0.3, 0.4) is 0 Å². The molecule has 0 spiro atoms. The zero-order valence-corrected chi connectivity index (χ0v) is 9.80. The van der Waals surface area contributed by atoms with E-state index in [0.29, 0.717) is 6.54 Å². The first kappa shape index (κ1) is 11.9. The van der Waals surface area contributed by atoms with Gasteiger partial charge in [-0.1, -0.05) is 30.3 Å². The van der Waals surface area contributed by atoms with Gasteiger partial charge in [-0.2, -0.15) is 5.26 Å². The maximum atomic E-state index is 8.47. The average Bonchev–Trinajstić information content (AvgIpc) is 2.38. The second-order valence-electron chi connectivity index (χ2n) is 4.21. The van der Waals surface area contributed by atoms with E-state index in [-0.39, 0.29) is 6.10 Å². The van der Waals surface area contributed by atoms with Crippen molar-refractivity contribution < 1.29 is 4.74 Å². The molecule has 1 unspecified atom stereocenters. The van der Waals surface area contributed by atoms with Gasteiger partial charge in [-0.3, -0.25) is 4.90 Å². The Balaban J connectivity index is 1.83. The molecule has 1 aliphatic rings. The summed E-state index contributed by atoms with van der Waals surface area (Å²) in [5.74, 6) is 0. The summed E-state index contributed by atoms with van der Waals surface area (Å²) in [6, 6.07) is 10.4. The van der Waals surface area contributed by atoms with Gasteiger partial charge < -0.3 is 10.1 Å². The number of nitrogens with one attached hydrogen (secondary N) is 1. The van der Waals surface area contributed by atoms with Crippen LogP contribution >= 0.6 is 0 Å². The zero-order chi connectivity index (χ0) is 11.9. The monoisotopic (exact) mass is 231 g/mol. The summed E-state index contributed by atoms with van der Waals surface area (Å²) in [5.41, 5.74) is 1.32. The van der Waals surface area contributed by atoms with E-state index < -0.39 is 0 Å². The highest BCUT2D eigenvalue weighted by Gasteiger charge is 2.19. The number of hydrogen-bond acceptors (Lipinski definition) is 4. The highest BCUT2D eigenvalue weighted by atomic mass is 16.5. The molecule has 1 heterocycles. The maximum absolute atomic E-state index is 8.47. The van der Waals surface area contributed by atoms with Gasteiger partial charge in [-0.15, -0.1) is 0 Å². The number of ether oxygens (including phenoxy) is 1. The van der Waals surface area contributed by atoms with E-state index in [1.807, 2.05) is 12.3 Å². The van der Waals surface area contributed by atoms with Crippen molar-refractivity contribution in [1.82, 2.24) is 10.2 Å². The Morgan fingerprint density at radius 1 is 1.41 bits per heavy atom. The lowest BCUT2D eigenvalue weighted by Crippen LogP contribution is -2.45. The van der Waals surface area contributed by atoms with Gasteiger partial charge in [-0.25, -0.2) is 0 Å². The Bertz CT molecular complexity index is 374. The van der Waals surface area contributed by atoms with Gasteiger partial charge in [0.1, 0.15) is 0 Å². The SMILES string of the molecule is N#CNCC1CN(Cc2ccccc2)CCO1. The van der Waals surface area contributed by atoms with E-state index in [0.717, 1.165) is 26.2 Å². The lowest BCUT2D eigenvalue weighted by molar-refractivity contribution is -0.0283. The second kappa shape index (κ2) is 6.24. The predicted octanol–water partition coefficient (Wildman–Crippen LogP) is 0.958. The summed E-state index contributed by atoms with van der Waals surface area (Å²) >= 11 is 0. The third-order valence-electron chi connectivity index (χ3n) is 2.88. The van der Waals surface area contributed by atoms with Gasteiger partial charge in [0.2, 0.25) is 0 Å². The van der Waals surface area contributed by atoms with Crippen LogP contribution in [0.25, 0.3) is 0 Å². The first-order valence-electron chi connectivity index (χ1n) is 5.88. The quantitative estimate of drug-likeness (QED) is 0.619. The highest BCUT2D eigenvalue weighted by Crippen LogP contribution is 2.09. The minimum Gasteiger partial charge on any atom is -0.374 e. The fraction of sp³-hybridized carbons (Fsp3) is 0.462. The molecule has 4 nitrogen and oxygen atoms in total. The van der Waals surface area contributed by atoms with Gasteiger partial charge in [0.05, 0.1) is 19.3 Å². The molecule has 0 radical (unpaired) electrons. The van der Waals surface area contributed by atoms with Crippen LogP contribution in [-0.4, -0.2) is 37.2 Å². The summed E-state index contributed by atoms with van der Waals surface area (Å²) in [5, 5.41) is 11.1. The van der Waals surface area contributed by atoms with Gasteiger partial charge in [0, 0.05) is 19.6 Å². The molecule has 0 amide bonds. The first-order valence-corrected chi connectivity index (χ1v) is 5.88. The molecule has 1 aromatic rings. The van der Waals surface area contributed by atoms with Crippen LogP contribution in [-0.2, 0) is 11.3 Å². The van der Waals surface area contributed by atoms with E-state index in [1.54, 1.807) is 0 Å². The summed E-state index contributed by atoms with van der Waals surface area (Å²) in [6.07, 6.45) is 2.05. The van der Waals surface area contributed by atoms with Crippen LogP contribution < -0.4 is 5.32 Å². The molecule has 90 valence electrons. The van der Waals surface area contributed by atoms with Crippen LogP contribution in [0.15, 0.2) is 30.3 Å². The van der Waals surface area contributed by atoms with Gasteiger partial charge in [0.25, 0.3) is 0 Å². The van der Waals surface area contributed by atoms with Crippen LogP contribution in [0.1, 0.15) is 5.56 Å². The van der Waals surface area contributed by atoms with Crippen molar-refractivity contribution >= 4 is 0 Å². The average molecular weight is 231 g/mol. The molecule has 1 aliphatic heterocycles. The lowest BCUT2D eigenvalue weighted by atomic mass is 10.2. The number of rotatable bonds is 4. The number of benzene rings is 1. The molecule has 0 bridgehead atoms. The standard InChI is InChI=1S/C13H17N3O/c14-11-15-8-13-10-16(6-7-17-13)9-12-4-2-1-3-5-12/h1-5,13,15H,6-10H2. The van der Waals surface area contributed by atoms with Crippen molar-refractivity contribution in [1.29, 1.82) is 5.26 Å². The van der Waals surface area contributed by atoms with Gasteiger partial charge in [-0.05, 0) is 5.56 Å². The third kappa shape index (κ3) is 3.74. The summed E-state index contributed by atoms with van der Waals surface area (Å²) in [4.78, 5) is 2.36. The topological polar surface area (TPSA) is 48.3 Å². The maximum Gasteiger partial charge on any atom is 0.176 e. The molecular weight excluding hydrogens is 214 g/mol. The minimum absolute atomic E-state index is 0.118. The van der Waals surface area contributed by atoms with Crippen molar-refractivity contribution in [2.45, 2.75) is 12.6 Å². The molecule has 4 heteroatoms. The van der Waals surface area contributed by atoms with E-state index >= 15 is 0 Å². The fourth-order valence-corrected chi connectivity index (χ4v) is 2.05. The Hall–Kier alpha value is -1.57. The molecular formula is C13H17N3O. The Kier molecular flexibility index (Phi) is 4.37. The summed E-state index contributed by atoms with van der Waals surface area (Å²) in [7, 11) is 0. The molecule has 17 heavy (non-hydrogen) atoms. The van der Waals surface area contributed by atoms with Crippen LogP contribution in [0.5, 0.6) is 0 Å². The molecule has 1 N–H and O–H groups in total. The molecule has 1 aromatic carbocycles. The Morgan fingerprint density at radius 3 is 3.00 bits per heavy atom. The molecule has 0 aromatic heterocycles.